The van der Waals surface area contributed by atoms with Crippen molar-refractivity contribution in [3.05, 3.63) is 88.9 Å². The first kappa shape index (κ1) is 29.3. The minimum atomic E-state index is -0.367. The van der Waals surface area contributed by atoms with Gasteiger partial charge in [-0.2, -0.15) is 0 Å². The van der Waals surface area contributed by atoms with Crippen LogP contribution in [0, 0.1) is 0 Å². The SMILES string of the molecule is CCCCCCn1c(=O)c2cc3cc(CCCC)c4cc5c(=O)[nH]c(=O)c6cc7cc(CCCC)c8cc(c1=O)c2c1c3c4c(c65)c7c81. The summed E-state index contributed by atoms with van der Waals surface area (Å²) in [4.78, 5) is 58.3. The average molecular weight is 635 g/mol. The van der Waals surface area contributed by atoms with Crippen molar-refractivity contribution in [2.45, 2.75) is 91.5 Å². The van der Waals surface area contributed by atoms with Gasteiger partial charge in [-0.25, -0.2) is 0 Å². The molecular weight excluding hydrogens is 596 g/mol. The predicted molar refractivity (Wildman–Crippen MR) is 201 cm³/mol. The molecule has 240 valence electrons. The van der Waals surface area contributed by atoms with E-state index in [2.05, 4.69) is 44.0 Å². The van der Waals surface area contributed by atoms with Gasteiger partial charge in [-0.15, -0.1) is 0 Å². The quantitative estimate of drug-likeness (QED) is 0.0874. The maximum atomic E-state index is 14.4. The van der Waals surface area contributed by atoms with E-state index < -0.39 is 0 Å². The molecule has 9 rings (SSSR count). The van der Waals surface area contributed by atoms with E-state index >= 15 is 0 Å². The first-order valence-corrected chi connectivity index (χ1v) is 17.9. The Bertz CT molecular complexity index is 2930. The number of unbranched alkanes of at least 4 members (excludes halogenated alkanes) is 5. The minimum Gasteiger partial charge on any atom is -0.288 e. The minimum absolute atomic E-state index is 0.207. The molecule has 0 spiro atoms. The molecule has 0 radical (unpaired) electrons. The summed E-state index contributed by atoms with van der Waals surface area (Å²) in [5.41, 5.74) is 1.13. The second-order valence-corrected chi connectivity index (χ2v) is 14.1. The molecule has 0 unspecified atom stereocenters. The van der Waals surface area contributed by atoms with E-state index in [9.17, 15) is 19.2 Å². The first-order chi connectivity index (χ1) is 23.4. The van der Waals surface area contributed by atoms with Crippen molar-refractivity contribution in [2.24, 2.45) is 0 Å². The van der Waals surface area contributed by atoms with Gasteiger partial charge in [0.05, 0.1) is 0 Å². The number of nitrogens with one attached hydrogen (secondary N) is 1. The van der Waals surface area contributed by atoms with Crippen LogP contribution in [0.3, 0.4) is 0 Å². The Hall–Kier alpha value is -4.84. The van der Waals surface area contributed by atoms with Crippen LogP contribution in [0.25, 0.3) is 86.2 Å². The van der Waals surface area contributed by atoms with Crippen LogP contribution in [0.15, 0.2) is 55.6 Å². The van der Waals surface area contributed by atoms with Crippen LogP contribution in [0.2, 0.25) is 0 Å². The van der Waals surface area contributed by atoms with Crippen molar-refractivity contribution in [1.82, 2.24) is 9.55 Å². The smallest absolute Gasteiger partial charge is 0.261 e. The van der Waals surface area contributed by atoms with E-state index in [1.807, 2.05) is 18.2 Å². The van der Waals surface area contributed by atoms with Gasteiger partial charge in [-0.1, -0.05) is 65.0 Å². The molecule has 0 aliphatic rings. The zero-order valence-corrected chi connectivity index (χ0v) is 27.8. The van der Waals surface area contributed by atoms with Crippen molar-refractivity contribution in [3.63, 3.8) is 0 Å². The van der Waals surface area contributed by atoms with Gasteiger partial charge >= 0.3 is 0 Å². The monoisotopic (exact) mass is 634 g/mol. The van der Waals surface area contributed by atoms with E-state index in [0.29, 0.717) is 33.5 Å². The molecule has 2 heterocycles. The van der Waals surface area contributed by atoms with Gasteiger partial charge in [-0.3, -0.25) is 28.7 Å². The highest BCUT2D eigenvalue weighted by Gasteiger charge is 2.29. The number of hydrogen-bond acceptors (Lipinski definition) is 4. The van der Waals surface area contributed by atoms with E-state index in [0.717, 1.165) is 135 Å². The Labute approximate surface area is 275 Å². The summed E-state index contributed by atoms with van der Waals surface area (Å²) < 4.78 is 1.49. The fraction of sp³-hybridized carbons (Fsp3) is 0.333. The third-order valence-corrected chi connectivity index (χ3v) is 11.2. The molecule has 0 aliphatic heterocycles. The summed E-state index contributed by atoms with van der Waals surface area (Å²) >= 11 is 0. The highest BCUT2D eigenvalue weighted by molar-refractivity contribution is 6.49. The number of rotatable bonds is 11. The molecule has 2 aromatic heterocycles. The van der Waals surface area contributed by atoms with E-state index in [1.54, 1.807) is 0 Å². The van der Waals surface area contributed by atoms with E-state index in [4.69, 9.17) is 0 Å². The molecule has 6 nitrogen and oxygen atoms in total. The lowest BCUT2D eigenvalue weighted by atomic mass is 9.77. The molecule has 0 saturated heterocycles. The Morgan fingerprint density at radius 1 is 0.458 bits per heavy atom. The molecule has 6 heteroatoms. The van der Waals surface area contributed by atoms with Crippen molar-refractivity contribution >= 4 is 86.2 Å². The summed E-state index contributed by atoms with van der Waals surface area (Å²) in [6.45, 7) is 6.93. The molecule has 0 atom stereocenters. The third-order valence-electron chi connectivity index (χ3n) is 11.2. The Morgan fingerprint density at radius 3 is 1.50 bits per heavy atom. The fourth-order valence-electron chi connectivity index (χ4n) is 9.00. The van der Waals surface area contributed by atoms with Gasteiger partial charge in [0.1, 0.15) is 0 Å². The molecule has 7 aromatic carbocycles. The predicted octanol–water partition coefficient (Wildman–Crippen LogP) is 8.94. The van der Waals surface area contributed by atoms with Gasteiger partial charge in [-0.05, 0) is 111 Å². The lowest BCUT2D eigenvalue weighted by molar-refractivity contribution is 0.564. The number of H-pyrrole nitrogens is 1. The number of benzene rings is 7. The van der Waals surface area contributed by atoms with Crippen LogP contribution in [0.4, 0.5) is 0 Å². The third kappa shape index (κ3) is 3.74. The van der Waals surface area contributed by atoms with Crippen molar-refractivity contribution in [1.29, 1.82) is 0 Å². The number of pyridine rings is 2. The Morgan fingerprint density at radius 2 is 0.938 bits per heavy atom. The number of aromatic nitrogens is 2. The molecular formula is C42H38N2O4. The van der Waals surface area contributed by atoms with Crippen molar-refractivity contribution in [2.75, 3.05) is 0 Å². The molecule has 1 N–H and O–H groups in total. The molecule has 0 amide bonds. The van der Waals surface area contributed by atoms with Crippen LogP contribution in [-0.2, 0) is 19.4 Å². The van der Waals surface area contributed by atoms with Gasteiger partial charge in [0.15, 0.2) is 0 Å². The topological polar surface area (TPSA) is 89.0 Å². The van der Waals surface area contributed by atoms with Gasteiger partial charge < -0.3 is 0 Å². The molecule has 48 heavy (non-hydrogen) atoms. The summed E-state index contributed by atoms with van der Waals surface area (Å²) in [5, 5.41) is 13.8. The number of nitrogens with zero attached hydrogens (tertiary/aromatic N) is 1. The van der Waals surface area contributed by atoms with Crippen LogP contribution < -0.4 is 22.2 Å². The molecule has 0 aliphatic carbocycles. The number of hydrogen-bond donors (Lipinski definition) is 1. The summed E-state index contributed by atoms with van der Waals surface area (Å²) in [6, 6.07) is 12.4. The highest BCUT2D eigenvalue weighted by Crippen LogP contribution is 2.52. The molecule has 0 fully saturated rings. The lowest BCUT2D eigenvalue weighted by Gasteiger charge is -2.25. The average Bonchev–Trinajstić information content (AvgIpc) is 3.09. The standard InChI is InChI=1S/C42H38N2O4/c1-4-7-10-11-14-44-41(47)29-18-24-16-21(12-8-5-2)25-19-28-33-27(39(45)43-40(28)46)17-23-15-22(13-9-6-3)26-20-30(42(44)48)34(29)38-32(24)35(25)37(33)31(23)36(26)38/h15-20H,4-14H2,1-3H3,(H,43,45,46). The first-order valence-electron chi connectivity index (χ1n) is 17.9. The number of aryl methyl sites for hydroxylation is 2. The Kier molecular flexibility index (Phi) is 6.46. The van der Waals surface area contributed by atoms with Crippen LogP contribution in [-0.4, -0.2) is 9.55 Å². The van der Waals surface area contributed by atoms with E-state index in [1.165, 1.54) is 4.57 Å². The maximum absolute atomic E-state index is 14.4. The summed E-state index contributed by atoms with van der Waals surface area (Å²) in [6.07, 6.45) is 9.62. The zero-order valence-electron chi connectivity index (χ0n) is 27.8. The normalized spacial score (nSPS) is 12.9. The zero-order chi connectivity index (χ0) is 33.0. The van der Waals surface area contributed by atoms with Crippen LogP contribution in [0.5, 0.6) is 0 Å². The second kappa shape index (κ2) is 10.6. The maximum Gasteiger partial charge on any atom is 0.261 e. The lowest BCUT2D eigenvalue weighted by Crippen LogP contribution is -2.33. The van der Waals surface area contributed by atoms with Crippen LogP contribution in [0.1, 0.15) is 83.3 Å². The molecule has 0 saturated carbocycles. The van der Waals surface area contributed by atoms with Gasteiger partial charge in [0.25, 0.3) is 22.2 Å². The Balaban J connectivity index is 1.59. The summed E-state index contributed by atoms with van der Waals surface area (Å²) in [5.74, 6) is 0. The largest absolute Gasteiger partial charge is 0.288 e. The van der Waals surface area contributed by atoms with Crippen molar-refractivity contribution < 1.29 is 0 Å². The van der Waals surface area contributed by atoms with Gasteiger partial charge in [0, 0.05) is 49.6 Å². The van der Waals surface area contributed by atoms with E-state index in [-0.39, 0.29) is 22.2 Å². The number of aromatic amines is 1. The second-order valence-electron chi connectivity index (χ2n) is 14.1. The van der Waals surface area contributed by atoms with Gasteiger partial charge in [0.2, 0.25) is 0 Å². The fourth-order valence-corrected chi connectivity index (χ4v) is 9.00. The van der Waals surface area contributed by atoms with Crippen molar-refractivity contribution in [3.8, 4) is 0 Å². The molecule has 0 bridgehead atoms. The highest BCUT2D eigenvalue weighted by atomic mass is 16.2. The van der Waals surface area contributed by atoms with Crippen LogP contribution >= 0.6 is 0 Å². The summed E-state index contributed by atoms with van der Waals surface area (Å²) in [7, 11) is 0. The molecule has 9 aromatic rings.